The predicted molar refractivity (Wildman–Crippen MR) is 77.5 cm³/mol. The minimum atomic E-state index is -0.721. The highest BCUT2D eigenvalue weighted by atomic mass is 16.5. The second-order valence-corrected chi connectivity index (χ2v) is 5.82. The molecule has 0 aromatic carbocycles. The third-order valence-corrected chi connectivity index (χ3v) is 4.06. The van der Waals surface area contributed by atoms with Crippen LogP contribution in [0.5, 0.6) is 0 Å². The molecule has 1 aliphatic rings. The number of hydrogen-bond acceptors (Lipinski definition) is 3. The third kappa shape index (κ3) is 6.92. The molecule has 0 saturated heterocycles. The normalized spacial score (nSPS) is 22.4. The molecule has 0 aromatic heterocycles. The Morgan fingerprint density at radius 2 is 1.60 bits per heavy atom. The molecule has 0 bridgehead atoms. The first-order valence-electron chi connectivity index (χ1n) is 8.05. The zero-order chi connectivity index (χ0) is 14.8. The van der Waals surface area contributed by atoms with E-state index in [1.165, 1.54) is 25.7 Å². The van der Waals surface area contributed by atoms with Crippen molar-refractivity contribution in [1.82, 2.24) is 0 Å². The maximum absolute atomic E-state index is 11.7. The second-order valence-electron chi connectivity index (χ2n) is 5.82. The molecule has 0 spiro atoms. The van der Waals surface area contributed by atoms with E-state index in [1.807, 2.05) is 0 Å². The average molecular weight is 284 g/mol. The highest BCUT2D eigenvalue weighted by Crippen LogP contribution is 2.26. The zero-order valence-electron chi connectivity index (χ0n) is 12.6. The van der Waals surface area contributed by atoms with Crippen LogP contribution in [0.2, 0.25) is 0 Å². The molecule has 1 aliphatic carbocycles. The average Bonchev–Trinajstić information content (AvgIpc) is 2.43. The third-order valence-electron chi connectivity index (χ3n) is 4.06. The van der Waals surface area contributed by atoms with Crippen LogP contribution in [0.15, 0.2) is 0 Å². The number of ether oxygens (including phenoxy) is 1. The molecule has 1 saturated carbocycles. The lowest BCUT2D eigenvalue weighted by molar-refractivity contribution is -0.152. The fourth-order valence-electron chi connectivity index (χ4n) is 2.72. The quantitative estimate of drug-likeness (QED) is 0.515. The van der Waals surface area contributed by atoms with Gasteiger partial charge in [-0.3, -0.25) is 9.59 Å². The van der Waals surface area contributed by atoms with Crippen LogP contribution >= 0.6 is 0 Å². The summed E-state index contributed by atoms with van der Waals surface area (Å²) in [6.45, 7) is 2.19. The number of aliphatic carboxylic acids is 1. The molecule has 1 N–H and O–H groups in total. The molecular weight excluding hydrogens is 256 g/mol. The van der Waals surface area contributed by atoms with Gasteiger partial charge in [0.2, 0.25) is 0 Å². The number of carbonyl (C=O) groups is 2. The topological polar surface area (TPSA) is 63.6 Å². The standard InChI is InChI=1S/C16H28O4/c1-2-3-4-5-6-7-8-15(17)20-14-11-9-13(10-12-14)16(18)19/h13-14H,2-12H2,1H3,(H,18,19)/t13-,14-. The molecule has 1 fully saturated rings. The lowest BCUT2D eigenvalue weighted by Crippen LogP contribution is -2.27. The fourth-order valence-corrected chi connectivity index (χ4v) is 2.72. The number of hydrogen-bond donors (Lipinski definition) is 1. The summed E-state index contributed by atoms with van der Waals surface area (Å²) in [6, 6.07) is 0. The molecule has 4 heteroatoms. The van der Waals surface area contributed by atoms with E-state index >= 15 is 0 Å². The van der Waals surface area contributed by atoms with Crippen molar-refractivity contribution >= 4 is 11.9 Å². The second kappa shape index (κ2) is 9.78. The first kappa shape index (κ1) is 17.0. The highest BCUT2D eigenvalue weighted by molar-refractivity contribution is 5.70. The van der Waals surface area contributed by atoms with Crippen molar-refractivity contribution in [3.63, 3.8) is 0 Å². The lowest BCUT2D eigenvalue weighted by Gasteiger charge is -2.25. The Balaban J connectivity index is 2.04. The molecule has 0 aliphatic heterocycles. The van der Waals surface area contributed by atoms with E-state index < -0.39 is 5.97 Å². The van der Waals surface area contributed by atoms with Crippen LogP contribution in [-0.4, -0.2) is 23.1 Å². The maximum Gasteiger partial charge on any atom is 0.306 e. The molecule has 116 valence electrons. The van der Waals surface area contributed by atoms with Crippen molar-refractivity contribution < 1.29 is 19.4 Å². The summed E-state index contributed by atoms with van der Waals surface area (Å²) in [5.74, 6) is -1.08. The molecule has 0 amide bonds. The Labute approximate surface area is 121 Å². The van der Waals surface area contributed by atoms with Crippen molar-refractivity contribution in [1.29, 1.82) is 0 Å². The summed E-state index contributed by atoms with van der Waals surface area (Å²) in [5.41, 5.74) is 0. The van der Waals surface area contributed by atoms with Gasteiger partial charge in [-0.2, -0.15) is 0 Å². The van der Waals surface area contributed by atoms with Crippen molar-refractivity contribution in [2.45, 2.75) is 83.7 Å². The SMILES string of the molecule is CCCCCCCCC(=O)O[C@H]1CC[C@H](C(=O)O)CC1. The minimum Gasteiger partial charge on any atom is -0.481 e. The highest BCUT2D eigenvalue weighted by Gasteiger charge is 2.27. The van der Waals surface area contributed by atoms with Gasteiger partial charge in [-0.1, -0.05) is 39.0 Å². The van der Waals surface area contributed by atoms with Gasteiger partial charge in [0, 0.05) is 6.42 Å². The smallest absolute Gasteiger partial charge is 0.306 e. The maximum atomic E-state index is 11.7. The molecule has 1 rings (SSSR count). The van der Waals surface area contributed by atoms with Crippen molar-refractivity contribution in [3.05, 3.63) is 0 Å². The summed E-state index contributed by atoms with van der Waals surface area (Å²) in [4.78, 5) is 22.5. The number of carboxylic acids is 1. The van der Waals surface area contributed by atoms with Crippen LogP contribution in [0, 0.1) is 5.92 Å². The van der Waals surface area contributed by atoms with E-state index in [0.29, 0.717) is 32.1 Å². The summed E-state index contributed by atoms with van der Waals surface area (Å²) < 4.78 is 5.42. The van der Waals surface area contributed by atoms with Crippen LogP contribution in [0.4, 0.5) is 0 Å². The molecular formula is C16H28O4. The van der Waals surface area contributed by atoms with Gasteiger partial charge >= 0.3 is 11.9 Å². The minimum absolute atomic E-state index is 0.0572. The van der Waals surface area contributed by atoms with E-state index in [0.717, 1.165) is 12.8 Å². The van der Waals surface area contributed by atoms with Crippen LogP contribution in [-0.2, 0) is 14.3 Å². The Morgan fingerprint density at radius 1 is 1.00 bits per heavy atom. The first-order chi connectivity index (χ1) is 9.63. The van der Waals surface area contributed by atoms with Crippen molar-refractivity contribution in [2.24, 2.45) is 5.92 Å². The Kier molecular flexibility index (Phi) is 8.31. The largest absolute Gasteiger partial charge is 0.481 e. The van der Waals surface area contributed by atoms with Gasteiger partial charge in [0.25, 0.3) is 0 Å². The molecule has 0 atom stereocenters. The first-order valence-corrected chi connectivity index (χ1v) is 8.05. The van der Waals surface area contributed by atoms with Gasteiger partial charge in [0.1, 0.15) is 6.10 Å². The van der Waals surface area contributed by atoms with E-state index in [9.17, 15) is 9.59 Å². The van der Waals surface area contributed by atoms with Gasteiger partial charge < -0.3 is 9.84 Å². The number of rotatable bonds is 9. The molecule has 0 unspecified atom stereocenters. The summed E-state index contributed by atoms with van der Waals surface area (Å²) in [6.07, 6.45) is 10.1. The van der Waals surface area contributed by atoms with E-state index in [2.05, 4.69) is 6.92 Å². The summed E-state index contributed by atoms with van der Waals surface area (Å²) in [5, 5.41) is 8.90. The fraction of sp³-hybridized carbons (Fsp3) is 0.875. The van der Waals surface area contributed by atoms with Crippen LogP contribution < -0.4 is 0 Å². The molecule has 20 heavy (non-hydrogen) atoms. The van der Waals surface area contributed by atoms with Crippen LogP contribution in [0.1, 0.15) is 77.6 Å². The Morgan fingerprint density at radius 3 is 2.20 bits per heavy atom. The number of carbonyl (C=O) groups excluding carboxylic acids is 1. The summed E-state index contributed by atoms with van der Waals surface area (Å²) >= 11 is 0. The van der Waals surface area contributed by atoms with Gasteiger partial charge in [-0.15, -0.1) is 0 Å². The Bertz CT molecular complexity index is 293. The summed E-state index contributed by atoms with van der Waals surface area (Å²) in [7, 11) is 0. The van der Waals surface area contributed by atoms with E-state index in [-0.39, 0.29) is 18.0 Å². The number of carboxylic acid groups (broad SMARTS) is 1. The van der Waals surface area contributed by atoms with Gasteiger partial charge in [0.05, 0.1) is 5.92 Å². The predicted octanol–water partition coefficient (Wildman–Crippen LogP) is 3.92. The number of esters is 1. The van der Waals surface area contributed by atoms with Gasteiger partial charge in [-0.25, -0.2) is 0 Å². The Hall–Kier alpha value is -1.06. The van der Waals surface area contributed by atoms with Crippen molar-refractivity contribution in [2.75, 3.05) is 0 Å². The molecule has 0 aromatic rings. The van der Waals surface area contributed by atoms with E-state index in [1.54, 1.807) is 0 Å². The van der Waals surface area contributed by atoms with E-state index in [4.69, 9.17) is 9.84 Å². The number of unbranched alkanes of at least 4 members (excludes halogenated alkanes) is 5. The molecule has 0 heterocycles. The van der Waals surface area contributed by atoms with Crippen molar-refractivity contribution in [3.8, 4) is 0 Å². The lowest BCUT2D eigenvalue weighted by atomic mass is 9.87. The molecule has 4 nitrogen and oxygen atoms in total. The molecule has 0 radical (unpaired) electrons. The zero-order valence-corrected chi connectivity index (χ0v) is 12.6. The van der Waals surface area contributed by atoms with Crippen LogP contribution in [0.25, 0.3) is 0 Å². The van der Waals surface area contributed by atoms with Crippen LogP contribution in [0.3, 0.4) is 0 Å². The monoisotopic (exact) mass is 284 g/mol. The van der Waals surface area contributed by atoms with Gasteiger partial charge in [0.15, 0.2) is 0 Å². The van der Waals surface area contributed by atoms with Gasteiger partial charge in [-0.05, 0) is 32.1 Å².